The largest absolute Gasteiger partial charge is 0.364 e. The molecule has 8 heteroatoms. The summed E-state index contributed by atoms with van der Waals surface area (Å²) in [7, 11) is 1.73. The number of fused-ring (bicyclic) bond motifs is 1. The molecule has 4 rings (SSSR count). The molecule has 4 heterocycles. The van der Waals surface area contributed by atoms with Crippen molar-refractivity contribution in [2.24, 2.45) is 7.05 Å². The monoisotopic (exact) mass is 392 g/mol. The Bertz CT molecular complexity index is 1160. The molecule has 0 radical (unpaired) electrons. The zero-order chi connectivity index (χ0) is 20.7. The molecule has 0 aliphatic carbocycles. The third kappa shape index (κ3) is 3.38. The highest BCUT2D eigenvalue weighted by Crippen LogP contribution is 2.29. The van der Waals surface area contributed by atoms with E-state index in [1.807, 2.05) is 6.92 Å². The maximum Gasteiger partial charge on any atom is 0.252 e. The van der Waals surface area contributed by atoms with Crippen molar-refractivity contribution >= 4 is 16.7 Å². The summed E-state index contributed by atoms with van der Waals surface area (Å²) in [6, 6.07) is 7.62. The molecule has 2 atom stereocenters. The molecule has 150 valence electrons. The highest BCUT2D eigenvalue weighted by atomic mass is 16.5. The molecule has 0 spiro atoms. The summed E-state index contributed by atoms with van der Waals surface area (Å²) >= 11 is 0. The van der Waals surface area contributed by atoms with Crippen LogP contribution in [0.2, 0.25) is 0 Å². The lowest BCUT2D eigenvalue weighted by Crippen LogP contribution is -2.56. The van der Waals surface area contributed by atoms with E-state index in [2.05, 4.69) is 39.9 Å². The number of nitriles is 1. The number of aryl methyl sites for hydroxylation is 2. The summed E-state index contributed by atoms with van der Waals surface area (Å²) in [4.78, 5) is 21.7. The van der Waals surface area contributed by atoms with Crippen LogP contribution in [0.5, 0.6) is 0 Å². The van der Waals surface area contributed by atoms with Crippen LogP contribution in [0.4, 0.5) is 5.69 Å². The fourth-order valence-corrected chi connectivity index (χ4v) is 4.04. The highest BCUT2D eigenvalue weighted by Gasteiger charge is 2.31. The van der Waals surface area contributed by atoms with Crippen molar-refractivity contribution < 1.29 is 4.52 Å². The first kappa shape index (κ1) is 19.2. The zero-order valence-corrected chi connectivity index (χ0v) is 17.1. The Morgan fingerprint density at radius 3 is 2.76 bits per heavy atom. The molecule has 0 saturated carbocycles. The van der Waals surface area contributed by atoms with Crippen molar-refractivity contribution in [3.8, 4) is 6.07 Å². The van der Waals surface area contributed by atoms with Crippen molar-refractivity contribution in [3.05, 3.63) is 51.8 Å². The van der Waals surface area contributed by atoms with Gasteiger partial charge in [0.15, 0.2) is 0 Å². The molecule has 0 aromatic carbocycles. The lowest BCUT2D eigenvalue weighted by molar-refractivity contribution is 0.157. The molecule has 0 unspecified atom stereocenters. The lowest BCUT2D eigenvalue weighted by Gasteiger charge is -2.45. The van der Waals surface area contributed by atoms with E-state index in [9.17, 15) is 10.1 Å². The topological polar surface area (TPSA) is 91.2 Å². The molecule has 3 aromatic rings. The van der Waals surface area contributed by atoms with Gasteiger partial charge in [0.1, 0.15) is 23.0 Å². The SMILES string of the molecule is Cc1oncc1CN1C[C@H](C)N(c2cc(=O)n(C)c3ccc(C#N)nc23)C[C@H]1C. The third-order valence-electron chi connectivity index (χ3n) is 5.83. The molecule has 29 heavy (non-hydrogen) atoms. The van der Waals surface area contributed by atoms with Crippen molar-refractivity contribution in [1.82, 2.24) is 19.6 Å². The molecule has 0 N–H and O–H groups in total. The molecule has 1 fully saturated rings. The van der Waals surface area contributed by atoms with Crippen LogP contribution < -0.4 is 10.5 Å². The Morgan fingerprint density at radius 2 is 2.07 bits per heavy atom. The van der Waals surface area contributed by atoms with Crippen LogP contribution in [-0.2, 0) is 13.6 Å². The van der Waals surface area contributed by atoms with Crippen LogP contribution in [0.25, 0.3) is 11.0 Å². The summed E-state index contributed by atoms with van der Waals surface area (Å²) in [6.07, 6.45) is 1.78. The standard InChI is InChI=1S/C21H24N6O2/c1-13-11-27(14(2)10-26(13)12-16-9-23-29-15(16)3)19-7-20(28)25(4)18-6-5-17(8-22)24-21(18)19/h5-7,9,13-14H,10-12H2,1-4H3/t13-,14+/m1/s1. The maximum absolute atomic E-state index is 12.6. The molecular weight excluding hydrogens is 368 g/mol. The predicted molar refractivity (Wildman–Crippen MR) is 110 cm³/mol. The van der Waals surface area contributed by atoms with Gasteiger partial charge in [0.25, 0.3) is 5.56 Å². The van der Waals surface area contributed by atoms with Crippen molar-refractivity contribution in [2.75, 3.05) is 18.0 Å². The zero-order valence-electron chi connectivity index (χ0n) is 17.1. The summed E-state index contributed by atoms with van der Waals surface area (Å²) in [5, 5.41) is 13.2. The molecule has 8 nitrogen and oxygen atoms in total. The quantitative estimate of drug-likeness (QED) is 0.675. The molecular formula is C21H24N6O2. The Hall–Kier alpha value is -3.18. The van der Waals surface area contributed by atoms with Crippen LogP contribution in [-0.4, -0.2) is 44.8 Å². The number of nitrogens with zero attached hydrogens (tertiary/aromatic N) is 6. The normalized spacial score (nSPS) is 20.2. The van der Waals surface area contributed by atoms with E-state index in [1.165, 1.54) is 0 Å². The number of rotatable bonds is 3. The van der Waals surface area contributed by atoms with E-state index in [4.69, 9.17) is 4.52 Å². The third-order valence-corrected chi connectivity index (χ3v) is 5.83. The van der Waals surface area contributed by atoms with Gasteiger partial charge in [0, 0.05) is 50.4 Å². The predicted octanol–water partition coefficient (Wildman–Crippen LogP) is 2.20. The molecule has 3 aromatic heterocycles. The van der Waals surface area contributed by atoms with Crippen molar-refractivity contribution in [2.45, 2.75) is 39.4 Å². The highest BCUT2D eigenvalue weighted by molar-refractivity contribution is 5.89. The van der Waals surface area contributed by atoms with Gasteiger partial charge in [-0.05, 0) is 32.9 Å². The van der Waals surface area contributed by atoms with Crippen molar-refractivity contribution in [3.63, 3.8) is 0 Å². The lowest BCUT2D eigenvalue weighted by atomic mass is 10.1. The minimum atomic E-state index is -0.0820. The van der Waals surface area contributed by atoms with E-state index in [0.29, 0.717) is 11.2 Å². The molecule has 1 saturated heterocycles. The van der Waals surface area contributed by atoms with Gasteiger partial charge in [-0.25, -0.2) is 4.98 Å². The molecule has 0 amide bonds. The Labute approximate surface area is 169 Å². The number of anilines is 1. The fraction of sp³-hybridized carbons (Fsp3) is 0.429. The number of pyridine rings is 2. The molecule has 0 bridgehead atoms. The fourth-order valence-electron chi connectivity index (χ4n) is 4.04. The Balaban J connectivity index is 1.70. The Kier molecular flexibility index (Phi) is 4.84. The van der Waals surface area contributed by atoms with Gasteiger partial charge in [0.05, 0.1) is 17.4 Å². The average molecular weight is 392 g/mol. The summed E-state index contributed by atoms with van der Waals surface area (Å²) in [5.74, 6) is 0.845. The smallest absolute Gasteiger partial charge is 0.252 e. The second-order valence-electron chi connectivity index (χ2n) is 7.79. The summed E-state index contributed by atoms with van der Waals surface area (Å²) < 4.78 is 6.77. The van der Waals surface area contributed by atoms with Crippen LogP contribution in [0.3, 0.4) is 0 Å². The number of piperazine rings is 1. The average Bonchev–Trinajstić information content (AvgIpc) is 3.11. The second kappa shape index (κ2) is 7.33. The van der Waals surface area contributed by atoms with Crippen LogP contribution >= 0.6 is 0 Å². The van der Waals surface area contributed by atoms with Gasteiger partial charge in [-0.15, -0.1) is 0 Å². The van der Waals surface area contributed by atoms with E-state index < -0.39 is 0 Å². The minimum absolute atomic E-state index is 0.0820. The Morgan fingerprint density at radius 1 is 1.28 bits per heavy atom. The number of aromatic nitrogens is 3. The molecule has 1 aliphatic heterocycles. The second-order valence-corrected chi connectivity index (χ2v) is 7.79. The number of hydrogen-bond acceptors (Lipinski definition) is 7. The van der Waals surface area contributed by atoms with Gasteiger partial charge < -0.3 is 14.0 Å². The van der Waals surface area contributed by atoms with Crippen LogP contribution in [0.15, 0.2) is 33.7 Å². The van der Waals surface area contributed by atoms with E-state index in [1.54, 1.807) is 36.0 Å². The first-order valence-corrected chi connectivity index (χ1v) is 9.70. The van der Waals surface area contributed by atoms with E-state index in [0.717, 1.165) is 42.2 Å². The van der Waals surface area contributed by atoms with E-state index >= 15 is 0 Å². The van der Waals surface area contributed by atoms with Crippen molar-refractivity contribution in [1.29, 1.82) is 5.26 Å². The summed E-state index contributed by atoms with van der Waals surface area (Å²) in [5.41, 5.74) is 3.57. The number of hydrogen-bond donors (Lipinski definition) is 0. The van der Waals surface area contributed by atoms with Gasteiger partial charge >= 0.3 is 0 Å². The van der Waals surface area contributed by atoms with E-state index in [-0.39, 0.29) is 17.6 Å². The first-order valence-electron chi connectivity index (χ1n) is 9.70. The van der Waals surface area contributed by atoms with Crippen LogP contribution in [0, 0.1) is 18.3 Å². The summed E-state index contributed by atoms with van der Waals surface area (Å²) in [6.45, 7) is 8.63. The molecule has 1 aliphatic rings. The van der Waals surface area contributed by atoms with Crippen LogP contribution in [0.1, 0.15) is 30.9 Å². The van der Waals surface area contributed by atoms with Gasteiger partial charge in [0.2, 0.25) is 0 Å². The first-order chi connectivity index (χ1) is 13.9. The van der Waals surface area contributed by atoms with Gasteiger partial charge in [-0.3, -0.25) is 9.69 Å². The van der Waals surface area contributed by atoms with Gasteiger partial charge in [-0.2, -0.15) is 5.26 Å². The van der Waals surface area contributed by atoms with Gasteiger partial charge in [-0.1, -0.05) is 5.16 Å². The minimum Gasteiger partial charge on any atom is -0.364 e. The maximum atomic E-state index is 12.6.